The second-order valence-corrected chi connectivity index (χ2v) is 5.43. The predicted molar refractivity (Wildman–Crippen MR) is 80.6 cm³/mol. The van der Waals surface area contributed by atoms with Crippen LogP contribution in [0.25, 0.3) is 0 Å². The quantitative estimate of drug-likeness (QED) is 0.846. The van der Waals surface area contributed by atoms with Crippen LogP contribution in [-0.4, -0.2) is 5.11 Å². The fraction of sp³-hybridized carbons (Fsp3) is 0.333. The molecule has 1 heteroatoms. The molecule has 0 spiro atoms. The van der Waals surface area contributed by atoms with Crippen LogP contribution in [0.3, 0.4) is 0 Å². The van der Waals surface area contributed by atoms with Crippen LogP contribution in [0.5, 0.6) is 0 Å². The van der Waals surface area contributed by atoms with Crippen LogP contribution in [0, 0.1) is 34.6 Å². The zero-order valence-corrected chi connectivity index (χ0v) is 12.4. The lowest BCUT2D eigenvalue weighted by molar-refractivity contribution is 0.218. The third-order valence-corrected chi connectivity index (χ3v) is 4.18. The van der Waals surface area contributed by atoms with Crippen LogP contribution in [-0.2, 0) is 0 Å². The SMILES string of the molecule is Cc1ccccc1C(O)c1c(C)c(C)cc(C)c1C. The molecule has 2 aromatic rings. The van der Waals surface area contributed by atoms with Gasteiger partial charge in [0.25, 0.3) is 0 Å². The van der Waals surface area contributed by atoms with Gasteiger partial charge < -0.3 is 5.11 Å². The van der Waals surface area contributed by atoms with Gasteiger partial charge in [-0.05, 0) is 73.6 Å². The van der Waals surface area contributed by atoms with E-state index >= 15 is 0 Å². The molecule has 19 heavy (non-hydrogen) atoms. The molecule has 1 atom stereocenters. The second-order valence-electron chi connectivity index (χ2n) is 5.43. The summed E-state index contributed by atoms with van der Waals surface area (Å²) in [6.07, 6.45) is -0.542. The van der Waals surface area contributed by atoms with E-state index in [0.29, 0.717) is 0 Å². The molecule has 1 unspecified atom stereocenters. The van der Waals surface area contributed by atoms with E-state index in [4.69, 9.17) is 0 Å². The van der Waals surface area contributed by atoms with E-state index in [0.717, 1.165) is 16.7 Å². The topological polar surface area (TPSA) is 20.2 Å². The van der Waals surface area contributed by atoms with Crippen molar-refractivity contribution in [3.8, 4) is 0 Å². The number of hydrogen-bond acceptors (Lipinski definition) is 1. The van der Waals surface area contributed by atoms with Gasteiger partial charge in [0.15, 0.2) is 0 Å². The fourth-order valence-corrected chi connectivity index (χ4v) is 2.71. The van der Waals surface area contributed by atoms with Gasteiger partial charge in [-0.15, -0.1) is 0 Å². The smallest absolute Gasteiger partial charge is 0.105 e. The van der Waals surface area contributed by atoms with Gasteiger partial charge in [0, 0.05) is 0 Å². The van der Waals surface area contributed by atoms with Crippen molar-refractivity contribution in [2.24, 2.45) is 0 Å². The maximum atomic E-state index is 10.8. The highest BCUT2D eigenvalue weighted by Gasteiger charge is 2.19. The van der Waals surface area contributed by atoms with Crippen LogP contribution < -0.4 is 0 Å². The molecule has 0 saturated carbocycles. The first-order valence-corrected chi connectivity index (χ1v) is 6.74. The third-order valence-electron chi connectivity index (χ3n) is 4.18. The Labute approximate surface area is 115 Å². The van der Waals surface area contributed by atoms with Crippen LogP contribution in [0.15, 0.2) is 30.3 Å². The summed E-state index contributed by atoms with van der Waals surface area (Å²) in [5.74, 6) is 0. The van der Waals surface area contributed by atoms with Gasteiger partial charge >= 0.3 is 0 Å². The first kappa shape index (κ1) is 13.8. The fourth-order valence-electron chi connectivity index (χ4n) is 2.71. The second kappa shape index (κ2) is 5.18. The van der Waals surface area contributed by atoms with Gasteiger partial charge in [0.2, 0.25) is 0 Å². The lowest BCUT2D eigenvalue weighted by Gasteiger charge is -2.21. The minimum Gasteiger partial charge on any atom is -0.384 e. The lowest BCUT2D eigenvalue weighted by atomic mass is 9.87. The molecule has 1 N–H and O–H groups in total. The van der Waals surface area contributed by atoms with Crippen molar-refractivity contribution in [3.05, 3.63) is 69.3 Å². The van der Waals surface area contributed by atoms with Crippen LogP contribution in [0.4, 0.5) is 0 Å². The Morgan fingerprint density at radius 2 is 1.32 bits per heavy atom. The average molecular weight is 254 g/mol. The van der Waals surface area contributed by atoms with E-state index in [2.05, 4.69) is 33.8 Å². The molecule has 0 heterocycles. The van der Waals surface area contributed by atoms with Crippen LogP contribution >= 0.6 is 0 Å². The Morgan fingerprint density at radius 1 is 0.789 bits per heavy atom. The summed E-state index contributed by atoms with van der Waals surface area (Å²) in [4.78, 5) is 0. The number of aliphatic hydroxyl groups excluding tert-OH is 1. The Kier molecular flexibility index (Phi) is 3.77. The lowest BCUT2D eigenvalue weighted by Crippen LogP contribution is -2.08. The van der Waals surface area contributed by atoms with Gasteiger partial charge in [-0.3, -0.25) is 0 Å². The molecule has 100 valence electrons. The molecule has 0 aliphatic rings. The zero-order chi connectivity index (χ0) is 14.2. The molecular formula is C18H22O. The summed E-state index contributed by atoms with van der Waals surface area (Å²) in [7, 11) is 0. The molecule has 2 aromatic carbocycles. The molecule has 1 nitrogen and oxygen atoms in total. The molecule has 0 radical (unpaired) electrons. The maximum Gasteiger partial charge on any atom is 0.105 e. The molecular weight excluding hydrogens is 232 g/mol. The standard InChI is InChI=1S/C18H22O/c1-11-8-6-7-9-16(11)18(19)17-14(4)12(2)10-13(3)15(17)5/h6-10,18-19H,1-5H3. The van der Waals surface area contributed by atoms with E-state index in [-0.39, 0.29) is 0 Å². The van der Waals surface area contributed by atoms with Crippen molar-refractivity contribution in [1.82, 2.24) is 0 Å². The van der Waals surface area contributed by atoms with Crippen molar-refractivity contribution < 1.29 is 5.11 Å². The third kappa shape index (κ3) is 2.43. The van der Waals surface area contributed by atoms with Crippen molar-refractivity contribution in [2.45, 2.75) is 40.7 Å². The Morgan fingerprint density at radius 3 is 1.84 bits per heavy atom. The van der Waals surface area contributed by atoms with Crippen molar-refractivity contribution >= 4 is 0 Å². The van der Waals surface area contributed by atoms with Gasteiger partial charge in [0.1, 0.15) is 6.10 Å². The van der Waals surface area contributed by atoms with Crippen molar-refractivity contribution in [2.75, 3.05) is 0 Å². The number of hydrogen-bond donors (Lipinski definition) is 1. The number of aliphatic hydroxyl groups is 1. The molecule has 0 bridgehead atoms. The van der Waals surface area contributed by atoms with Crippen LogP contribution in [0.2, 0.25) is 0 Å². The molecule has 0 aliphatic heterocycles. The highest BCUT2D eigenvalue weighted by atomic mass is 16.3. The summed E-state index contributed by atoms with van der Waals surface area (Å²) < 4.78 is 0. The predicted octanol–water partition coefficient (Wildman–Crippen LogP) is 4.31. The molecule has 2 rings (SSSR count). The first-order valence-electron chi connectivity index (χ1n) is 6.74. The minimum absolute atomic E-state index is 0.542. The largest absolute Gasteiger partial charge is 0.384 e. The van der Waals surface area contributed by atoms with Crippen molar-refractivity contribution in [1.29, 1.82) is 0 Å². The van der Waals surface area contributed by atoms with Crippen molar-refractivity contribution in [3.63, 3.8) is 0 Å². The van der Waals surface area contributed by atoms with Gasteiger partial charge in [-0.2, -0.15) is 0 Å². The molecule has 0 aliphatic carbocycles. The van der Waals surface area contributed by atoms with E-state index in [1.807, 2.05) is 31.2 Å². The molecule has 0 amide bonds. The Hall–Kier alpha value is -1.60. The van der Waals surface area contributed by atoms with E-state index in [9.17, 15) is 5.11 Å². The average Bonchev–Trinajstić information content (AvgIpc) is 2.37. The zero-order valence-electron chi connectivity index (χ0n) is 12.4. The van der Waals surface area contributed by atoms with E-state index in [1.54, 1.807) is 0 Å². The van der Waals surface area contributed by atoms with Gasteiger partial charge in [-0.1, -0.05) is 30.3 Å². The Balaban J connectivity index is 2.63. The molecule has 0 fully saturated rings. The summed E-state index contributed by atoms with van der Waals surface area (Å²) >= 11 is 0. The first-order chi connectivity index (χ1) is 8.93. The monoisotopic (exact) mass is 254 g/mol. The highest BCUT2D eigenvalue weighted by molar-refractivity contribution is 5.49. The molecule has 0 saturated heterocycles. The highest BCUT2D eigenvalue weighted by Crippen LogP contribution is 2.32. The van der Waals surface area contributed by atoms with Gasteiger partial charge in [0.05, 0.1) is 0 Å². The normalized spacial score (nSPS) is 12.5. The summed E-state index contributed by atoms with van der Waals surface area (Å²) in [5.41, 5.74) is 8.06. The number of rotatable bonds is 2. The Bertz CT molecular complexity index is 585. The summed E-state index contributed by atoms with van der Waals surface area (Å²) in [6.45, 7) is 10.5. The summed E-state index contributed by atoms with van der Waals surface area (Å²) in [6, 6.07) is 10.2. The van der Waals surface area contributed by atoms with Crippen LogP contribution in [0.1, 0.15) is 45.0 Å². The molecule has 0 aromatic heterocycles. The number of benzene rings is 2. The van der Waals surface area contributed by atoms with E-state index < -0.39 is 6.10 Å². The van der Waals surface area contributed by atoms with Gasteiger partial charge in [-0.25, -0.2) is 0 Å². The van der Waals surface area contributed by atoms with E-state index in [1.165, 1.54) is 22.3 Å². The maximum absolute atomic E-state index is 10.8. The minimum atomic E-state index is -0.542. The summed E-state index contributed by atoms with van der Waals surface area (Å²) in [5, 5.41) is 10.8. The number of aryl methyl sites for hydroxylation is 3.